The number of nitrogens with two attached hydrogens (primary N) is 1. The van der Waals surface area contributed by atoms with Gasteiger partial charge in [-0.1, -0.05) is 31.2 Å². The molecule has 0 amide bonds. The SMILES string of the molecule is Cc1ccccc1CS(=O)C(C)CCN. The number of benzene rings is 1. The zero-order valence-corrected chi connectivity index (χ0v) is 10.2. The molecule has 0 spiro atoms. The highest BCUT2D eigenvalue weighted by molar-refractivity contribution is 7.84. The van der Waals surface area contributed by atoms with Gasteiger partial charge in [-0.2, -0.15) is 0 Å². The molecule has 15 heavy (non-hydrogen) atoms. The Bertz CT molecular complexity index is 338. The smallest absolute Gasteiger partial charge is 0.0490 e. The van der Waals surface area contributed by atoms with E-state index in [9.17, 15) is 4.21 Å². The molecule has 0 saturated heterocycles. The summed E-state index contributed by atoms with van der Waals surface area (Å²) in [5, 5.41) is 0.189. The van der Waals surface area contributed by atoms with Crippen LogP contribution in [0.15, 0.2) is 24.3 Å². The minimum Gasteiger partial charge on any atom is -0.330 e. The van der Waals surface area contributed by atoms with E-state index in [0.29, 0.717) is 12.3 Å². The third-order valence-electron chi connectivity index (χ3n) is 2.58. The molecule has 84 valence electrons. The minimum absolute atomic E-state index is 0.189. The predicted molar refractivity (Wildman–Crippen MR) is 66.2 cm³/mol. The molecule has 0 heterocycles. The summed E-state index contributed by atoms with van der Waals surface area (Å²) in [5.74, 6) is 0.647. The van der Waals surface area contributed by atoms with Crippen molar-refractivity contribution < 1.29 is 4.21 Å². The lowest BCUT2D eigenvalue weighted by molar-refractivity contribution is 0.665. The first-order valence-corrected chi connectivity index (χ1v) is 6.65. The molecule has 0 bridgehead atoms. The number of hydrogen-bond donors (Lipinski definition) is 1. The molecule has 1 aromatic rings. The van der Waals surface area contributed by atoms with E-state index in [-0.39, 0.29) is 5.25 Å². The molecule has 0 saturated carbocycles. The zero-order chi connectivity index (χ0) is 11.3. The van der Waals surface area contributed by atoms with Crippen molar-refractivity contribution in [3.8, 4) is 0 Å². The molecule has 0 radical (unpaired) electrons. The first-order valence-electron chi connectivity index (χ1n) is 5.27. The van der Waals surface area contributed by atoms with Gasteiger partial charge >= 0.3 is 0 Å². The molecule has 0 aromatic heterocycles. The summed E-state index contributed by atoms with van der Waals surface area (Å²) >= 11 is 0. The number of aryl methyl sites for hydroxylation is 1. The average Bonchev–Trinajstić information content (AvgIpc) is 2.21. The van der Waals surface area contributed by atoms with E-state index in [4.69, 9.17) is 5.73 Å². The van der Waals surface area contributed by atoms with Gasteiger partial charge < -0.3 is 5.73 Å². The van der Waals surface area contributed by atoms with Crippen LogP contribution in [0.3, 0.4) is 0 Å². The first-order chi connectivity index (χ1) is 7.15. The lowest BCUT2D eigenvalue weighted by Gasteiger charge is -2.11. The molecule has 0 aliphatic carbocycles. The summed E-state index contributed by atoms with van der Waals surface area (Å²) in [5.41, 5.74) is 7.85. The summed E-state index contributed by atoms with van der Waals surface area (Å²) in [6.07, 6.45) is 0.832. The van der Waals surface area contributed by atoms with Crippen LogP contribution in [0.2, 0.25) is 0 Å². The van der Waals surface area contributed by atoms with Crippen LogP contribution in [-0.4, -0.2) is 16.0 Å². The maximum Gasteiger partial charge on any atom is 0.0490 e. The van der Waals surface area contributed by atoms with Crippen LogP contribution in [0, 0.1) is 6.92 Å². The van der Waals surface area contributed by atoms with E-state index >= 15 is 0 Å². The topological polar surface area (TPSA) is 43.1 Å². The van der Waals surface area contributed by atoms with Gasteiger partial charge in [0.1, 0.15) is 0 Å². The molecule has 0 fully saturated rings. The van der Waals surface area contributed by atoms with E-state index in [0.717, 1.165) is 6.42 Å². The Balaban J connectivity index is 2.62. The minimum atomic E-state index is -0.806. The van der Waals surface area contributed by atoms with Crippen molar-refractivity contribution in [3.05, 3.63) is 35.4 Å². The molecule has 3 heteroatoms. The van der Waals surface area contributed by atoms with Crippen molar-refractivity contribution in [2.24, 2.45) is 5.73 Å². The van der Waals surface area contributed by atoms with E-state index < -0.39 is 10.8 Å². The van der Waals surface area contributed by atoms with Crippen molar-refractivity contribution in [2.75, 3.05) is 6.54 Å². The maximum absolute atomic E-state index is 11.9. The van der Waals surface area contributed by atoms with Gasteiger partial charge in [-0.05, 0) is 31.0 Å². The lowest BCUT2D eigenvalue weighted by Crippen LogP contribution is -2.17. The third-order valence-corrected chi connectivity index (χ3v) is 4.31. The Morgan fingerprint density at radius 2 is 2.07 bits per heavy atom. The summed E-state index contributed by atoms with van der Waals surface area (Å²) < 4.78 is 11.9. The molecule has 1 rings (SSSR count). The van der Waals surface area contributed by atoms with Crippen molar-refractivity contribution in [1.29, 1.82) is 0 Å². The normalized spacial score (nSPS) is 14.9. The van der Waals surface area contributed by atoms with E-state index in [2.05, 4.69) is 13.0 Å². The van der Waals surface area contributed by atoms with Crippen LogP contribution >= 0.6 is 0 Å². The molecule has 2 nitrogen and oxygen atoms in total. The molecular formula is C12H19NOS. The van der Waals surface area contributed by atoms with Crippen molar-refractivity contribution >= 4 is 10.8 Å². The van der Waals surface area contributed by atoms with Gasteiger partial charge in [0, 0.05) is 21.8 Å². The van der Waals surface area contributed by atoms with Crippen LogP contribution in [-0.2, 0) is 16.6 Å². The second-order valence-electron chi connectivity index (χ2n) is 3.84. The summed E-state index contributed by atoms with van der Waals surface area (Å²) in [4.78, 5) is 0. The predicted octanol–water partition coefficient (Wildman–Crippen LogP) is 1.98. The van der Waals surface area contributed by atoms with Crippen LogP contribution < -0.4 is 5.73 Å². The number of rotatable bonds is 5. The van der Waals surface area contributed by atoms with Gasteiger partial charge in [0.15, 0.2) is 0 Å². The van der Waals surface area contributed by atoms with Gasteiger partial charge in [0.25, 0.3) is 0 Å². The second kappa shape index (κ2) is 6.03. The Labute approximate surface area is 94.3 Å². The Morgan fingerprint density at radius 1 is 1.40 bits per heavy atom. The molecule has 2 unspecified atom stereocenters. The Morgan fingerprint density at radius 3 is 2.67 bits per heavy atom. The van der Waals surface area contributed by atoms with Gasteiger partial charge in [-0.3, -0.25) is 4.21 Å². The average molecular weight is 225 g/mol. The highest BCUT2D eigenvalue weighted by Crippen LogP contribution is 2.13. The molecule has 0 aliphatic rings. The fourth-order valence-electron chi connectivity index (χ4n) is 1.43. The first kappa shape index (κ1) is 12.4. The molecular weight excluding hydrogens is 206 g/mol. The Kier molecular flexibility index (Phi) is 4.99. The highest BCUT2D eigenvalue weighted by Gasteiger charge is 2.11. The van der Waals surface area contributed by atoms with Gasteiger partial charge in [-0.25, -0.2) is 0 Å². The van der Waals surface area contributed by atoms with E-state index in [1.165, 1.54) is 11.1 Å². The van der Waals surface area contributed by atoms with Crippen LogP contribution in [0.1, 0.15) is 24.5 Å². The van der Waals surface area contributed by atoms with E-state index in [1.54, 1.807) is 0 Å². The highest BCUT2D eigenvalue weighted by atomic mass is 32.2. The maximum atomic E-state index is 11.9. The second-order valence-corrected chi connectivity index (χ2v) is 5.69. The van der Waals surface area contributed by atoms with Gasteiger partial charge in [0.05, 0.1) is 0 Å². The molecule has 0 aliphatic heterocycles. The summed E-state index contributed by atoms with van der Waals surface area (Å²) in [6, 6.07) is 8.10. The summed E-state index contributed by atoms with van der Waals surface area (Å²) in [7, 11) is -0.806. The lowest BCUT2D eigenvalue weighted by atomic mass is 10.1. The fourth-order valence-corrected chi connectivity index (χ4v) is 2.75. The fraction of sp³-hybridized carbons (Fsp3) is 0.500. The molecule has 2 atom stereocenters. The largest absolute Gasteiger partial charge is 0.330 e. The van der Waals surface area contributed by atoms with Crippen LogP contribution in [0.4, 0.5) is 0 Å². The van der Waals surface area contributed by atoms with Gasteiger partial charge in [0.2, 0.25) is 0 Å². The van der Waals surface area contributed by atoms with Gasteiger partial charge in [-0.15, -0.1) is 0 Å². The number of hydrogen-bond acceptors (Lipinski definition) is 2. The third kappa shape index (κ3) is 3.76. The van der Waals surface area contributed by atoms with E-state index in [1.807, 2.05) is 25.1 Å². The van der Waals surface area contributed by atoms with Crippen LogP contribution in [0.5, 0.6) is 0 Å². The monoisotopic (exact) mass is 225 g/mol. The van der Waals surface area contributed by atoms with Crippen molar-refractivity contribution in [3.63, 3.8) is 0 Å². The summed E-state index contributed by atoms with van der Waals surface area (Å²) in [6.45, 7) is 4.67. The zero-order valence-electron chi connectivity index (χ0n) is 9.40. The van der Waals surface area contributed by atoms with Crippen LogP contribution in [0.25, 0.3) is 0 Å². The standard InChI is InChI=1S/C12H19NOS/c1-10-5-3-4-6-12(10)9-15(14)11(2)7-8-13/h3-6,11H,7-9,13H2,1-2H3. The van der Waals surface area contributed by atoms with Crippen molar-refractivity contribution in [1.82, 2.24) is 0 Å². The van der Waals surface area contributed by atoms with Crippen molar-refractivity contribution in [2.45, 2.75) is 31.3 Å². The quantitative estimate of drug-likeness (QED) is 0.832. The Hall–Kier alpha value is -0.670. The molecule has 1 aromatic carbocycles. The molecule has 2 N–H and O–H groups in total.